The molecule has 2 aromatic carbocycles. The Bertz CT molecular complexity index is 949. The van der Waals surface area contributed by atoms with Gasteiger partial charge in [0, 0.05) is 18.0 Å². The van der Waals surface area contributed by atoms with Crippen LogP contribution in [0.5, 0.6) is 5.75 Å². The third-order valence-electron chi connectivity index (χ3n) is 3.49. The van der Waals surface area contributed by atoms with Crippen LogP contribution in [-0.4, -0.2) is 22.5 Å². The van der Waals surface area contributed by atoms with Crippen LogP contribution in [0.15, 0.2) is 54.7 Å². The fourth-order valence-corrected chi connectivity index (χ4v) is 2.25. The topological polar surface area (TPSA) is 76.1 Å². The van der Waals surface area contributed by atoms with E-state index in [2.05, 4.69) is 20.6 Å². The van der Waals surface area contributed by atoms with Crippen molar-refractivity contribution in [2.24, 2.45) is 0 Å². The van der Waals surface area contributed by atoms with E-state index in [1.165, 1.54) is 18.3 Å². The lowest BCUT2D eigenvalue weighted by molar-refractivity contribution is 0.102. The molecule has 8 heteroatoms. The predicted octanol–water partition coefficient (Wildman–Crippen LogP) is 4.15. The first-order valence-corrected chi connectivity index (χ1v) is 8.14. The average molecular weight is 370 g/mol. The summed E-state index contributed by atoms with van der Waals surface area (Å²) in [5, 5.41) is 5.32. The number of carbonyl (C=O) groups excluding carboxylic acids is 1. The Kier molecular flexibility index (Phi) is 5.55. The quantitative estimate of drug-likeness (QED) is 0.682. The zero-order chi connectivity index (χ0) is 19.2. The van der Waals surface area contributed by atoms with Gasteiger partial charge in [-0.2, -0.15) is 0 Å². The van der Waals surface area contributed by atoms with Gasteiger partial charge in [0.15, 0.2) is 0 Å². The van der Waals surface area contributed by atoms with Crippen LogP contribution in [0.25, 0.3) is 0 Å². The number of hydrogen-bond donors (Lipinski definition) is 2. The number of nitrogens with one attached hydrogen (secondary N) is 2. The Morgan fingerprint density at radius 2 is 1.89 bits per heavy atom. The van der Waals surface area contributed by atoms with E-state index in [-0.39, 0.29) is 17.3 Å². The van der Waals surface area contributed by atoms with Crippen LogP contribution < -0.4 is 15.4 Å². The number of halogens is 2. The Hall–Kier alpha value is -3.55. The summed E-state index contributed by atoms with van der Waals surface area (Å²) in [6.07, 6.45) is 1.36. The number of hydrogen-bond acceptors (Lipinski definition) is 5. The van der Waals surface area contributed by atoms with Crippen molar-refractivity contribution in [1.29, 1.82) is 0 Å². The summed E-state index contributed by atoms with van der Waals surface area (Å²) in [4.78, 5) is 20.4. The molecule has 0 radical (unpaired) electrons. The second-order valence-corrected chi connectivity index (χ2v) is 5.43. The molecular formula is C19H16F2N4O2. The Morgan fingerprint density at radius 3 is 2.59 bits per heavy atom. The Labute approximate surface area is 154 Å². The van der Waals surface area contributed by atoms with E-state index in [4.69, 9.17) is 4.74 Å². The zero-order valence-corrected chi connectivity index (χ0v) is 14.4. The van der Waals surface area contributed by atoms with E-state index in [1.807, 2.05) is 6.92 Å². The van der Waals surface area contributed by atoms with Gasteiger partial charge >= 0.3 is 0 Å². The lowest BCUT2D eigenvalue weighted by atomic mass is 10.3. The zero-order valence-electron chi connectivity index (χ0n) is 14.4. The highest BCUT2D eigenvalue weighted by molar-refractivity contribution is 6.03. The molecule has 0 aliphatic rings. The van der Waals surface area contributed by atoms with Gasteiger partial charge < -0.3 is 15.4 Å². The van der Waals surface area contributed by atoms with Crippen molar-refractivity contribution in [1.82, 2.24) is 9.97 Å². The second kappa shape index (κ2) is 8.22. The maximum absolute atomic E-state index is 13.7. The first-order chi connectivity index (χ1) is 13.0. The molecule has 0 aliphatic heterocycles. The molecule has 1 amide bonds. The summed E-state index contributed by atoms with van der Waals surface area (Å²) in [6.45, 7) is 2.44. The van der Waals surface area contributed by atoms with E-state index < -0.39 is 17.5 Å². The number of amides is 1. The molecule has 0 aliphatic carbocycles. The van der Waals surface area contributed by atoms with Crippen molar-refractivity contribution >= 4 is 23.2 Å². The molecule has 1 aromatic heterocycles. The van der Waals surface area contributed by atoms with Crippen LogP contribution in [0.1, 0.15) is 17.4 Å². The Morgan fingerprint density at radius 1 is 1.11 bits per heavy atom. The minimum Gasteiger partial charge on any atom is -0.494 e. The SMILES string of the molecule is CCOc1ccc(NC(=O)c2ccnc(Nc3ccc(F)cc3F)n2)cc1. The number of carbonyl (C=O) groups is 1. The van der Waals surface area contributed by atoms with Gasteiger partial charge in [-0.1, -0.05) is 0 Å². The number of aromatic nitrogens is 2. The van der Waals surface area contributed by atoms with Crippen molar-refractivity contribution in [3.63, 3.8) is 0 Å². The van der Waals surface area contributed by atoms with Crippen molar-refractivity contribution in [3.8, 4) is 5.75 Å². The van der Waals surface area contributed by atoms with Crippen LogP contribution in [0.4, 0.5) is 26.1 Å². The number of benzene rings is 2. The molecule has 1 heterocycles. The van der Waals surface area contributed by atoms with Crippen molar-refractivity contribution in [2.75, 3.05) is 17.2 Å². The molecule has 0 saturated heterocycles. The van der Waals surface area contributed by atoms with Crippen molar-refractivity contribution < 1.29 is 18.3 Å². The maximum Gasteiger partial charge on any atom is 0.274 e. The number of ether oxygens (including phenoxy) is 1. The summed E-state index contributed by atoms with van der Waals surface area (Å²) in [6, 6.07) is 11.4. The highest BCUT2D eigenvalue weighted by Crippen LogP contribution is 2.19. The molecular weight excluding hydrogens is 354 g/mol. The number of nitrogens with zero attached hydrogens (tertiary/aromatic N) is 2. The monoisotopic (exact) mass is 370 g/mol. The van der Waals surface area contributed by atoms with Gasteiger partial charge in [0.2, 0.25) is 5.95 Å². The first-order valence-electron chi connectivity index (χ1n) is 8.14. The van der Waals surface area contributed by atoms with Crippen molar-refractivity contribution in [2.45, 2.75) is 6.92 Å². The van der Waals surface area contributed by atoms with Crippen LogP contribution in [0.3, 0.4) is 0 Å². The van der Waals surface area contributed by atoms with Crippen LogP contribution >= 0.6 is 0 Å². The molecule has 0 atom stereocenters. The molecule has 0 saturated carbocycles. The normalized spacial score (nSPS) is 10.3. The minimum absolute atomic E-state index is 0.000436. The summed E-state index contributed by atoms with van der Waals surface area (Å²) in [5.41, 5.74) is 0.658. The molecule has 3 rings (SSSR count). The Balaban J connectivity index is 1.71. The maximum atomic E-state index is 13.7. The van der Waals surface area contributed by atoms with Gasteiger partial charge in [0.05, 0.1) is 12.3 Å². The van der Waals surface area contributed by atoms with Gasteiger partial charge in [-0.25, -0.2) is 18.7 Å². The van der Waals surface area contributed by atoms with E-state index in [1.54, 1.807) is 24.3 Å². The second-order valence-electron chi connectivity index (χ2n) is 5.43. The molecule has 0 fully saturated rings. The highest BCUT2D eigenvalue weighted by Gasteiger charge is 2.11. The highest BCUT2D eigenvalue weighted by atomic mass is 19.1. The molecule has 0 bridgehead atoms. The smallest absolute Gasteiger partial charge is 0.274 e. The first kappa shape index (κ1) is 18.2. The molecule has 27 heavy (non-hydrogen) atoms. The molecule has 0 spiro atoms. The predicted molar refractivity (Wildman–Crippen MR) is 97.2 cm³/mol. The fourth-order valence-electron chi connectivity index (χ4n) is 2.25. The summed E-state index contributed by atoms with van der Waals surface area (Å²) in [5.74, 6) is -1.22. The lowest BCUT2D eigenvalue weighted by Gasteiger charge is -2.09. The lowest BCUT2D eigenvalue weighted by Crippen LogP contribution is -2.14. The van der Waals surface area contributed by atoms with E-state index >= 15 is 0 Å². The van der Waals surface area contributed by atoms with Crippen LogP contribution in [0.2, 0.25) is 0 Å². The molecule has 6 nitrogen and oxygen atoms in total. The third kappa shape index (κ3) is 4.75. The van der Waals surface area contributed by atoms with Crippen LogP contribution in [-0.2, 0) is 0 Å². The third-order valence-corrected chi connectivity index (χ3v) is 3.49. The van der Waals surface area contributed by atoms with Gasteiger partial charge in [-0.05, 0) is 49.4 Å². The fraction of sp³-hybridized carbons (Fsp3) is 0.105. The van der Waals surface area contributed by atoms with Crippen LogP contribution in [0, 0.1) is 11.6 Å². The van der Waals surface area contributed by atoms with Gasteiger partial charge in [-0.3, -0.25) is 4.79 Å². The standard InChI is InChI=1S/C19H16F2N4O2/c1-2-27-14-6-4-13(5-7-14)23-18(26)17-9-10-22-19(25-17)24-16-8-3-12(20)11-15(16)21/h3-11H,2H2,1H3,(H,23,26)(H,22,24,25). The molecule has 0 unspecified atom stereocenters. The van der Waals surface area contributed by atoms with Crippen molar-refractivity contribution in [3.05, 3.63) is 72.1 Å². The summed E-state index contributed by atoms with van der Waals surface area (Å²) in [7, 11) is 0. The average Bonchev–Trinajstić information content (AvgIpc) is 2.66. The van der Waals surface area contributed by atoms with E-state index in [0.717, 1.165) is 12.1 Å². The van der Waals surface area contributed by atoms with Gasteiger partial charge in [0.1, 0.15) is 23.1 Å². The number of anilines is 3. The van der Waals surface area contributed by atoms with Gasteiger partial charge in [-0.15, -0.1) is 0 Å². The summed E-state index contributed by atoms with van der Waals surface area (Å²) >= 11 is 0. The van der Waals surface area contributed by atoms with Gasteiger partial charge in [0.25, 0.3) is 5.91 Å². The molecule has 3 aromatic rings. The van der Waals surface area contributed by atoms with E-state index in [9.17, 15) is 13.6 Å². The number of rotatable bonds is 6. The summed E-state index contributed by atoms with van der Waals surface area (Å²) < 4.78 is 32.0. The molecule has 2 N–H and O–H groups in total. The largest absolute Gasteiger partial charge is 0.494 e. The van der Waals surface area contributed by atoms with E-state index in [0.29, 0.717) is 18.0 Å². The molecule has 138 valence electrons. The minimum atomic E-state index is -0.789.